The van der Waals surface area contributed by atoms with Crippen molar-refractivity contribution in [3.8, 4) is 0 Å². The summed E-state index contributed by atoms with van der Waals surface area (Å²) in [4.78, 5) is 12.8. The summed E-state index contributed by atoms with van der Waals surface area (Å²) in [6.07, 6.45) is 4.26. The highest BCUT2D eigenvalue weighted by molar-refractivity contribution is 9.10. The Morgan fingerprint density at radius 3 is 2.60 bits per heavy atom. The molecule has 0 atom stereocenters. The Bertz CT molecular complexity index is 359. The Hall–Kier alpha value is -0.410. The van der Waals surface area contributed by atoms with Crippen LogP contribution in [0.3, 0.4) is 0 Å². The van der Waals surface area contributed by atoms with Crippen LogP contribution in [0.15, 0.2) is 27.6 Å². The minimum absolute atomic E-state index is 0.211. The average molecular weight is 287 g/mol. The van der Waals surface area contributed by atoms with Crippen molar-refractivity contribution in [2.45, 2.75) is 33.1 Å². The molecular weight excluding hydrogens is 272 g/mol. The smallest absolute Gasteiger partial charge is 0.160 e. The van der Waals surface area contributed by atoms with Crippen LogP contribution in [-0.4, -0.2) is 5.78 Å². The van der Waals surface area contributed by atoms with Gasteiger partial charge in [-0.1, -0.05) is 19.4 Å². The Kier molecular flexibility index (Phi) is 5.26. The molecular formula is C12H15BrOS. The van der Waals surface area contributed by atoms with Crippen molar-refractivity contribution in [2.75, 3.05) is 0 Å². The predicted molar refractivity (Wildman–Crippen MR) is 69.4 cm³/mol. The van der Waals surface area contributed by atoms with Crippen molar-refractivity contribution in [1.82, 2.24) is 0 Å². The lowest BCUT2D eigenvalue weighted by Gasteiger charge is -1.98. The topological polar surface area (TPSA) is 17.1 Å². The first-order chi connectivity index (χ1) is 7.15. The van der Waals surface area contributed by atoms with Gasteiger partial charge in [0.15, 0.2) is 5.78 Å². The number of hydrogen-bond donors (Lipinski definition) is 0. The van der Waals surface area contributed by atoms with Crippen LogP contribution in [0, 0.1) is 0 Å². The van der Waals surface area contributed by atoms with Crippen molar-refractivity contribution < 1.29 is 4.79 Å². The second-order valence-electron chi connectivity index (χ2n) is 3.38. The summed E-state index contributed by atoms with van der Waals surface area (Å²) in [5, 5.41) is 2.01. The Morgan fingerprint density at radius 2 is 2.13 bits per heavy atom. The van der Waals surface area contributed by atoms with Crippen LogP contribution >= 0.6 is 27.3 Å². The van der Waals surface area contributed by atoms with Crippen LogP contribution in [0.1, 0.15) is 31.6 Å². The van der Waals surface area contributed by atoms with Crippen LogP contribution in [0.5, 0.6) is 0 Å². The van der Waals surface area contributed by atoms with Gasteiger partial charge in [-0.3, -0.25) is 4.79 Å². The number of halogens is 1. The fraction of sp³-hybridized carbons (Fsp3) is 0.417. The summed E-state index contributed by atoms with van der Waals surface area (Å²) in [7, 11) is 0. The minimum Gasteiger partial charge on any atom is -0.294 e. The molecule has 0 spiro atoms. The van der Waals surface area contributed by atoms with Gasteiger partial charge < -0.3 is 0 Å². The first-order valence-corrected chi connectivity index (χ1v) is 6.78. The summed E-state index contributed by atoms with van der Waals surface area (Å²) >= 11 is 5.01. The van der Waals surface area contributed by atoms with Crippen LogP contribution in [-0.2, 0) is 11.2 Å². The van der Waals surface area contributed by atoms with Gasteiger partial charge in [0, 0.05) is 21.2 Å². The number of thiophene rings is 1. The third-order valence-electron chi connectivity index (χ3n) is 2.24. The third kappa shape index (κ3) is 4.31. The number of carbonyl (C=O) groups is 1. The zero-order valence-corrected chi connectivity index (χ0v) is 11.5. The van der Waals surface area contributed by atoms with Gasteiger partial charge in [-0.25, -0.2) is 0 Å². The normalized spacial score (nSPS) is 10.1. The van der Waals surface area contributed by atoms with Gasteiger partial charge in [-0.15, -0.1) is 11.3 Å². The standard InChI is InChI=1S/C12H15BrOS/c1-3-9(4-2)5-11(14)7-12-6-10(13)8-15-12/h5-6,8H,3-4,7H2,1-2H3. The van der Waals surface area contributed by atoms with Gasteiger partial charge in [-0.2, -0.15) is 0 Å². The Morgan fingerprint density at radius 1 is 1.47 bits per heavy atom. The van der Waals surface area contributed by atoms with E-state index in [1.165, 1.54) is 5.57 Å². The van der Waals surface area contributed by atoms with E-state index in [9.17, 15) is 4.79 Å². The summed E-state index contributed by atoms with van der Waals surface area (Å²) < 4.78 is 1.06. The molecule has 1 aromatic heterocycles. The van der Waals surface area contributed by atoms with Crippen LogP contribution in [0.4, 0.5) is 0 Å². The maximum Gasteiger partial charge on any atom is 0.160 e. The zero-order chi connectivity index (χ0) is 11.3. The number of ketones is 1. The molecule has 1 heterocycles. The monoisotopic (exact) mass is 286 g/mol. The highest BCUT2D eigenvalue weighted by atomic mass is 79.9. The molecule has 3 heteroatoms. The second-order valence-corrected chi connectivity index (χ2v) is 5.30. The number of rotatable bonds is 5. The zero-order valence-electron chi connectivity index (χ0n) is 9.05. The van der Waals surface area contributed by atoms with E-state index >= 15 is 0 Å². The van der Waals surface area contributed by atoms with Gasteiger partial charge in [0.05, 0.1) is 0 Å². The molecule has 1 aromatic rings. The fourth-order valence-electron chi connectivity index (χ4n) is 1.35. The van der Waals surface area contributed by atoms with Crippen LogP contribution in [0.2, 0.25) is 0 Å². The molecule has 0 saturated heterocycles. The number of hydrogen-bond acceptors (Lipinski definition) is 2. The minimum atomic E-state index is 0.211. The highest BCUT2D eigenvalue weighted by Crippen LogP contribution is 2.20. The maximum absolute atomic E-state index is 11.7. The summed E-state index contributed by atoms with van der Waals surface area (Å²) in [5.41, 5.74) is 1.23. The molecule has 0 aromatic carbocycles. The predicted octanol–water partition coefficient (Wildman–Crippen LogP) is 4.37. The van der Waals surface area contributed by atoms with Gasteiger partial charge in [0.1, 0.15) is 0 Å². The molecule has 15 heavy (non-hydrogen) atoms. The first-order valence-electron chi connectivity index (χ1n) is 5.10. The molecule has 1 rings (SSSR count). The second kappa shape index (κ2) is 6.23. The van der Waals surface area contributed by atoms with E-state index in [2.05, 4.69) is 29.8 Å². The molecule has 0 N–H and O–H groups in total. The molecule has 0 fully saturated rings. The van der Waals surface area contributed by atoms with E-state index < -0.39 is 0 Å². The SMILES string of the molecule is CCC(=CC(=O)Cc1cc(Br)cs1)CC. The van der Waals surface area contributed by atoms with Crippen molar-refractivity contribution in [3.05, 3.63) is 32.4 Å². The average Bonchev–Trinajstić information content (AvgIpc) is 2.60. The summed E-state index contributed by atoms with van der Waals surface area (Å²) in [5.74, 6) is 0.211. The Labute approximate surface area is 103 Å². The van der Waals surface area contributed by atoms with E-state index in [0.29, 0.717) is 6.42 Å². The van der Waals surface area contributed by atoms with Crippen molar-refractivity contribution in [1.29, 1.82) is 0 Å². The summed E-state index contributed by atoms with van der Waals surface area (Å²) in [6, 6.07) is 2.01. The third-order valence-corrected chi connectivity index (χ3v) is 3.94. The quantitative estimate of drug-likeness (QED) is 0.735. The molecule has 0 aliphatic heterocycles. The molecule has 1 nitrogen and oxygen atoms in total. The van der Waals surface area contributed by atoms with E-state index in [0.717, 1.165) is 22.2 Å². The fourth-order valence-corrected chi connectivity index (χ4v) is 2.81. The molecule has 0 aliphatic carbocycles. The molecule has 0 amide bonds. The molecule has 0 unspecified atom stereocenters. The van der Waals surface area contributed by atoms with Crippen molar-refractivity contribution in [3.63, 3.8) is 0 Å². The van der Waals surface area contributed by atoms with Crippen LogP contribution < -0.4 is 0 Å². The summed E-state index contributed by atoms with van der Waals surface area (Å²) in [6.45, 7) is 4.18. The van der Waals surface area contributed by atoms with Crippen LogP contribution in [0.25, 0.3) is 0 Å². The van der Waals surface area contributed by atoms with Crippen molar-refractivity contribution in [2.24, 2.45) is 0 Å². The lowest BCUT2D eigenvalue weighted by molar-refractivity contribution is -0.114. The van der Waals surface area contributed by atoms with Gasteiger partial charge in [0.2, 0.25) is 0 Å². The lowest BCUT2D eigenvalue weighted by atomic mass is 10.1. The van der Waals surface area contributed by atoms with Gasteiger partial charge >= 0.3 is 0 Å². The van der Waals surface area contributed by atoms with E-state index in [4.69, 9.17) is 0 Å². The molecule has 82 valence electrons. The number of allylic oxidation sites excluding steroid dienone is 2. The van der Waals surface area contributed by atoms with Gasteiger partial charge in [0.25, 0.3) is 0 Å². The van der Waals surface area contributed by atoms with E-state index in [-0.39, 0.29) is 5.78 Å². The lowest BCUT2D eigenvalue weighted by Crippen LogP contribution is -1.98. The molecule has 0 radical (unpaired) electrons. The van der Waals surface area contributed by atoms with E-state index in [1.54, 1.807) is 17.4 Å². The molecule has 0 saturated carbocycles. The molecule has 0 bridgehead atoms. The number of carbonyl (C=O) groups excluding carboxylic acids is 1. The van der Waals surface area contributed by atoms with E-state index in [1.807, 2.05) is 11.4 Å². The maximum atomic E-state index is 11.7. The Balaban J connectivity index is 2.60. The largest absolute Gasteiger partial charge is 0.294 e. The first kappa shape index (κ1) is 12.7. The van der Waals surface area contributed by atoms with Crippen molar-refractivity contribution >= 4 is 33.0 Å². The highest BCUT2D eigenvalue weighted by Gasteiger charge is 2.04. The molecule has 0 aliphatic rings. The van der Waals surface area contributed by atoms with Gasteiger partial charge in [-0.05, 0) is 40.9 Å².